The van der Waals surface area contributed by atoms with Crippen molar-refractivity contribution in [1.29, 1.82) is 0 Å². The summed E-state index contributed by atoms with van der Waals surface area (Å²) in [6.45, 7) is 0.384. The predicted octanol–water partition coefficient (Wildman–Crippen LogP) is 4.86. The fraction of sp³-hybridized carbons (Fsp3) is 0.0455. The number of hydrogen-bond acceptors (Lipinski definition) is 5. The summed E-state index contributed by atoms with van der Waals surface area (Å²) < 4.78 is 33.6. The van der Waals surface area contributed by atoms with Crippen molar-refractivity contribution in [2.24, 2.45) is 0 Å². The van der Waals surface area contributed by atoms with Gasteiger partial charge in [0.15, 0.2) is 5.69 Å². The van der Waals surface area contributed by atoms with Gasteiger partial charge < -0.3 is 9.73 Å². The van der Waals surface area contributed by atoms with E-state index in [2.05, 4.69) is 10.0 Å². The fourth-order valence-electron chi connectivity index (χ4n) is 3.06. The highest BCUT2D eigenvalue weighted by Crippen LogP contribution is 2.31. The average Bonchev–Trinajstić information content (AvgIpc) is 2.74. The van der Waals surface area contributed by atoms with Crippen molar-refractivity contribution in [3.05, 3.63) is 99.9 Å². The van der Waals surface area contributed by atoms with Crippen LogP contribution in [0, 0.1) is 0 Å². The second-order valence-electron chi connectivity index (χ2n) is 6.51. The third kappa shape index (κ3) is 4.03. The summed E-state index contributed by atoms with van der Waals surface area (Å²) >= 11 is 6.05. The van der Waals surface area contributed by atoms with Crippen LogP contribution in [0.4, 0.5) is 11.4 Å². The van der Waals surface area contributed by atoms with Crippen LogP contribution >= 0.6 is 11.6 Å². The predicted molar refractivity (Wildman–Crippen MR) is 119 cm³/mol. The van der Waals surface area contributed by atoms with Gasteiger partial charge in [-0.2, -0.15) is 0 Å². The molecule has 0 aliphatic rings. The van der Waals surface area contributed by atoms with Crippen LogP contribution in [-0.4, -0.2) is 8.42 Å². The fourth-order valence-corrected chi connectivity index (χ4v) is 4.65. The SMILES string of the molecule is O=c1oc2ccccc2c(NCc2ccccc2)c1NS(=O)(=O)c1ccccc1Cl. The molecular weight excluding hydrogens is 424 g/mol. The average molecular weight is 441 g/mol. The smallest absolute Gasteiger partial charge is 0.363 e. The number of nitrogens with one attached hydrogen (secondary N) is 2. The van der Waals surface area contributed by atoms with Crippen LogP contribution in [0.5, 0.6) is 0 Å². The Bertz CT molecular complexity index is 1370. The third-order valence-corrected chi connectivity index (χ3v) is 6.34. The highest BCUT2D eigenvalue weighted by atomic mass is 35.5. The molecule has 1 aromatic heterocycles. The molecular formula is C22H17ClN2O4S. The summed E-state index contributed by atoms with van der Waals surface area (Å²) in [5.74, 6) is 0. The van der Waals surface area contributed by atoms with Gasteiger partial charge in [-0.1, -0.05) is 66.2 Å². The molecule has 0 saturated carbocycles. The van der Waals surface area contributed by atoms with Gasteiger partial charge in [0.1, 0.15) is 10.5 Å². The third-order valence-electron chi connectivity index (χ3n) is 4.49. The summed E-state index contributed by atoms with van der Waals surface area (Å²) in [6, 6.07) is 22.5. The second-order valence-corrected chi connectivity index (χ2v) is 8.57. The van der Waals surface area contributed by atoms with E-state index in [9.17, 15) is 13.2 Å². The van der Waals surface area contributed by atoms with E-state index in [1.165, 1.54) is 12.1 Å². The molecule has 30 heavy (non-hydrogen) atoms. The highest BCUT2D eigenvalue weighted by Gasteiger charge is 2.23. The van der Waals surface area contributed by atoms with E-state index in [0.29, 0.717) is 23.2 Å². The molecule has 3 aromatic carbocycles. The van der Waals surface area contributed by atoms with E-state index >= 15 is 0 Å². The van der Waals surface area contributed by atoms with Crippen LogP contribution in [-0.2, 0) is 16.6 Å². The van der Waals surface area contributed by atoms with Crippen LogP contribution in [0.1, 0.15) is 5.56 Å². The van der Waals surface area contributed by atoms with Crippen LogP contribution in [0.15, 0.2) is 93.0 Å². The molecule has 0 aliphatic carbocycles. The number of rotatable bonds is 6. The quantitative estimate of drug-likeness (QED) is 0.418. The Balaban J connectivity index is 1.81. The van der Waals surface area contributed by atoms with Gasteiger partial charge in [0.05, 0.1) is 10.7 Å². The van der Waals surface area contributed by atoms with E-state index < -0.39 is 15.6 Å². The van der Waals surface area contributed by atoms with E-state index in [1.807, 2.05) is 30.3 Å². The van der Waals surface area contributed by atoms with Gasteiger partial charge in [-0.3, -0.25) is 4.72 Å². The lowest BCUT2D eigenvalue weighted by atomic mass is 10.1. The van der Waals surface area contributed by atoms with Gasteiger partial charge >= 0.3 is 5.63 Å². The second kappa shape index (κ2) is 8.22. The number of benzene rings is 3. The summed E-state index contributed by atoms with van der Waals surface area (Å²) in [6.07, 6.45) is 0. The Morgan fingerprint density at radius 3 is 2.27 bits per heavy atom. The van der Waals surface area contributed by atoms with Gasteiger partial charge in [0, 0.05) is 11.9 Å². The van der Waals surface area contributed by atoms with Gasteiger partial charge in [-0.15, -0.1) is 0 Å². The molecule has 4 rings (SSSR count). The minimum Gasteiger partial charge on any atom is -0.421 e. The molecule has 0 amide bonds. The molecule has 0 saturated heterocycles. The molecule has 0 aliphatic heterocycles. The number of sulfonamides is 1. The Labute approximate surface area is 178 Å². The number of halogens is 1. The Morgan fingerprint density at radius 1 is 0.833 bits per heavy atom. The van der Waals surface area contributed by atoms with E-state index in [4.69, 9.17) is 16.0 Å². The van der Waals surface area contributed by atoms with Crippen LogP contribution in [0.2, 0.25) is 5.02 Å². The monoisotopic (exact) mass is 440 g/mol. The number of hydrogen-bond donors (Lipinski definition) is 2. The van der Waals surface area contributed by atoms with Crippen molar-refractivity contribution < 1.29 is 12.8 Å². The highest BCUT2D eigenvalue weighted by molar-refractivity contribution is 7.92. The lowest BCUT2D eigenvalue weighted by Gasteiger charge is -2.15. The number of para-hydroxylation sites is 1. The molecule has 1 heterocycles. The molecule has 2 N–H and O–H groups in total. The van der Waals surface area contributed by atoms with Gasteiger partial charge in [-0.25, -0.2) is 13.2 Å². The minimum absolute atomic E-state index is 0.0500. The molecule has 0 unspecified atom stereocenters. The Morgan fingerprint density at radius 2 is 1.50 bits per heavy atom. The molecule has 0 atom stereocenters. The summed E-state index contributed by atoms with van der Waals surface area (Å²) in [7, 11) is -4.12. The van der Waals surface area contributed by atoms with Crippen molar-refractivity contribution in [3.63, 3.8) is 0 Å². The first-order valence-electron chi connectivity index (χ1n) is 9.07. The van der Waals surface area contributed by atoms with Gasteiger partial charge in [-0.05, 0) is 29.8 Å². The Kier molecular flexibility index (Phi) is 5.48. The number of fused-ring (bicyclic) bond motifs is 1. The van der Waals surface area contributed by atoms with Gasteiger partial charge in [0.2, 0.25) is 0 Å². The van der Waals surface area contributed by atoms with Crippen molar-refractivity contribution in [2.45, 2.75) is 11.4 Å². The van der Waals surface area contributed by atoms with Gasteiger partial charge in [0.25, 0.3) is 10.0 Å². The van der Waals surface area contributed by atoms with Crippen LogP contribution in [0.3, 0.4) is 0 Å². The summed E-state index contributed by atoms with van der Waals surface area (Å²) in [5, 5.41) is 3.81. The lowest BCUT2D eigenvalue weighted by Crippen LogP contribution is -2.21. The lowest BCUT2D eigenvalue weighted by molar-refractivity contribution is 0.563. The largest absolute Gasteiger partial charge is 0.421 e. The maximum atomic E-state index is 12.9. The first-order chi connectivity index (χ1) is 14.5. The molecule has 0 bridgehead atoms. The zero-order valence-electron chi connectivity index (χ0n) is 15.6. The zero-order valence-corrected chi connectivity index (χ0v) is 17.2. The van der Waals surface area contributed by atoms with E-state index in [1.54, 1.807) is 36.4 Å². The van der Waals surface area contributed by atoms with Crippen LogP contribution < -0.4 is 15.7 Å². The molecule has 4 aromatic rings. The van der Waals surface area contributed by atoms with Crippen molar-refractivity contribution >= 4 is 44.0 Å². The van der Waals surface area contributed by atoms with Crippen molar-refractivity contribution in [3.8, 4) is 0 Å². The molecule has 0 fully saturated rings. The zero-order chi connectivity index (χ0) is 21.1. The summed E-state index contributed by atoms with van der Waals surface area (Å²) in [5.41, 5.74) is 0.638. The maximum Gasteiger partial charge on any atom is 0.363 e. The minimum atomic E-state index is -4.12. The number of anilines is 2. The molecule has 0 spiro atoms. The topological polar surface area (TPSA) is 88.4 Å². The van der Waals surface area contributed by atoms with Crippen LogP contribution in [0.25, 0.3) is 11.0 Å². The molecule has 152 valence electrons. The Hall–Kier alpha value is -3.29. The first-order valence-corrected chi connectivity index (χ1v) is 10.9. The molecule has 8 heteroatoms. The maximum absolute atomic E-state index is 12.9. The normalized spacial score (nSPS) is 11.4. The summed E-state index contributed by atoms with van der Waals surface area (Å²) in [4.78, 5) is 12.6. The van der Waals surface area contributed by atoms with Crippen molar-refractivity contribution in [2.75, 3.05) is 10.0 Å². The van der Waals surface area contributed by atoms with Crippen molar-refractivity contribution in [1.82, 2.24) is 0 Å². The first kappa shape index (κ1) is 20.0. The standard InChI is InChI=1S/C22H17ClN2O4S/c23-17-11-5-7-13-19(17)30(27,28)25-21-20(24-14-15-8-2-1-3-9-15)16-10-4-6-12-18(16)29-22(21)26/h1-13,24-25H,14H2. The molecule has 6 nitrogen and oxygen atoms in total. The van der Waals surface area contributed by atoms with E-state index in [-0.39, 0.29) is 15.6 Å². The molecule has 0 radical (unpaired) electrons. The van der Waals surface area contributed by atoms with E-state index in [0.717, 1.165) is 5.56 Å².